The first-order valence-corrected chi connectivity index (χ1v) is 7.47. The summed E-state index contributed by atoms with van der Waals surface area (Å²) in [7, 11) is 1.79. The molecule has 0 saturated carbocycles. The van der Waals surface area contributed by atoms with Crippen LogP contribution in [-0.2, 0) is 11.2 Å². The SMILES string of the molecule is CCNC(CCc1ccsc1)CCC(C)OC. The maximum Gasteiger partial charge on any atom is 0.0543 e. The van der Waals surface area contributed by atoms with E-state index in [2.05, 4.69) is 36.0 Å². The van der Waals surface area contributed by atoms with Crippen LogP contribution in [0.2, 0.25) is 0 Å². The van der Waals surface area contributed by atoms with Gasteiger partial charge in [-0.3, -0.25) is 0 Å². The normalized spacial score (nSPS) is 14.8. The highest BCUT2D eigenvalue weighted by Gasteiger charge is 2.10. The second-order valence-electron chi connectivity index (χ2n) is 4.55. The van der Waals surface area contributed by atoms with Crippen LogP contribution in [0.1, 0.15) is 38.7 Å². The van der Waals surface area contributed by atoms with Crippen LogP contribution >= 0.6 is 11.3 Å². The molecular weight excluding hydrogens is 230 g/mol. The molecule has 2 atom stereocenters. The zero-order valence-corrected chi connectivity index (χ0v) is 12.1. The van der Waals surface area contributed by atoms with Crippen LogP contribution in [0, 0.1) is 0 Å². The average Bonchev–Trinajstić information content (AvgIpc) is 2.85. The van der Waals surface area contributed by atoms with Crippen molar-refractivity contribution >= 4 is 11.3 Å². The van der Waals surface area contributed by atoms with Gasteiger partial charge in [0.05, 0.1) is 6.10 Å². The van der Waals surface area contributed by atoms with Crippen molar-refractivity contribution in [3.05, 3.63) is 22.4 Å². The predicted molar refractivity (Wildman–Crippen MR) is 75.8 cm³/mol. The molecule has 0 fully saturated rings. The van der Waals surface area contributed by atoms with Crippen LogP contribution in [0.4, 0.5) is 0 Å². The average molecular weight is 255 g/mol. The molecule has 1 aromatic rings. The third kappa shape index (κ3) is 6.20. The first-order valence-electron chi connectivity index (χ1n) is 6.53. The molecule has 0 radical (unpaired) electrons. The molecule has 0 aliphatic heterocycles. The van der Waals surface area contributed by atoms with E-state index in [4.69, 9.17) is 4.74 Å². The lowest BCUT2D eigenvalue weighted by atomic mass is 10.0. The molecular formula is C14H25NOS. The topological polar surface area (TPSA) is 21.3 Å². The molecule has 0 aliphatic rings. The molecule has 1 heterocycles. The summed E-state index contributed by atoms with van der Waals surface area (Å²) in [6.45, 7) is 5.37. The van der Waals surface area contributed by atoms with E-state index in [1.165, 1.54) is 24.8 Å². The third-order valence-electron chi connectivity index (χ3n) is 3.18. The van der Waals surface area contributed by atoms with Gasteiger partial charge in [-0.2, -0.15) is 11.3 Å². The second kappa shape index (κ2) is 8.67. The number of hydrogen-bond acceptors (Lipinski definition) is 3. The molecule has 0 spiro atoms. The number of ether oxygens (including phenoxy) is 1. The van der Waals surface area contributed by atoms with E-state index in [0.29, 0.717) is 12.1 Å². The highest BCUT2D eigenvalue weighted by molar-refractivity contribution is 7.07. The molecule has 1 aromatic heterocycles. The Hall–Kier alpha value is -0.380. The Morgan fingerprint density at radius 3 is 2.76 bits per heavy atom. The zero-order chi connectivity index (χ0) is 12.5. The molecule has 1 rings (SSSR count). The molecule has 3 heteroatoms. The number of rotatable bonds is 9. The van der Waals surface area contributed by atoms with Crippen molar-refractivity contribution in [2.75, 3.05) is 13.7 Å². The summed E-state index contributed by atoms with van der Waals surface area (Å²) in [5, 5.41) is 7.98. The quantitative estimate of drug-likeness (QED) is 0.729. The maximum absolute atomic E-state index is 5.30. The zero-order valence-electron chi connectivity index (χ0n) is 11.2. The molecule has 17 heavy (non-hydrogen) atoms. The minimum Gasteiger partial charge on any atom is -0.382 e. The van der Waals surface area contributed by atoms with E-state index in [1.807, 2.05) is 0 Å². The number of aryl methyl sites for hydroxylation is 1. The minimum absolute atomic E-state index is 0.373. The molecule has 0 bridgehead atoms. The number of nitrogens with one attached hydrogen (secondary N) is 1. The number of hydrogen-bond donors (Lipinski definition) is 1. The Bertz CT molecular complexity index is 274. The first kappa shape index (κ1) is 14.7. The third-order valence-corrected chi connectivity index (χ3v) is 3.91. The van der Waals surface area contributed by atoms with Crippen LogP contribution in [0.5, 0.6) is 0 Å². The summed E-state index contributed by atoms with van der Waals surface area (Å²) in [5.41, 5.74) is 1.47. The van der Waals surface area contributed by atoms with Gasteiger partial charge in [-0.05, 0) is 61.5 Å². The highest BCUT2D eigenvalue weighted by atomic mass is 32.1. The first-order chi connectivity index (χ1) is 8.26. The van der Waals surface area contributed by atoms with Crippen LogP contribution in [0.25, 0.3) is 0 Å². The van der Waals surface area contributed by atoms with Gasteiger partial charge in [0.1, 0.15) is 0 Å². The maximum atomic E-state index is 5.30. The van der Waals surface area contributed by atoms with E-state index in [1.54, 1.807) is 18.4 Å². The lowest BCUT2D eigenvalue weighted by molar-refractivity contribution is 0.106. The molecule has 0 aliphatic carbocycles. The largest absolute Gasteiger partial charge is 0.382 e. The lowest BCUT2D eigenvalue weighted by Crippen LogP contribution is -2.30. The van der Waals surface area contributed by atoms with Crippen LogP contribution in [-0.4, -0.2) is 25.8 Å². The fraction of sp³-hybridized carbons (Fsp3) is 0.714. The van der Waals surface area contributed by atoms with Crippen LogP contribution < -0.4 is 5.32 Å². The predicted octanol–water partition coefficient (Wildman–Crippen LogP) is 3.47. The van der Waals surface area contributed by atoms with Crippen molar-refractivity contribution in [2.24, 2.45) is 0 Å². The summed E-state index contributed by atoms with van der Waals surface area (Å²) < 4.78 is 5.30. The standard InChI is InChI=1S/C14H25NOS/c1-4-15-14(7-5-12(2)16-3)8-6-13-9-10-17-11-13/h9-12,14-15H,4-8H2,1-3H3. The smallest absolute Gasteiger partial charge is 0.0543 e. The van der Waals surface area contributed by atoms with Gasteiger partial charge in [0.15, 0.2) is 0 Å². The van der Waals surface area contributed by atoms with E-state index >= 15 is 0 Å². The fourth-order valence-electron chi connectivity index (χ4n) is 1.97. The Labute approximate surface area is 109 Å². The molecule has 2 unspecified atom stereocenters. The molecule has 0 saturated heterocycles. The van der Waals surface area contributed by atoms with Gasteiger partial charge in [-0.25, -0.2) is 0 Å². The number of methoxy groups -OCH3 is 1. The Morgan fingerprint density at radius 2 is 2.18 bits per heavy atom. The molecule has 2 nitrogen and oxygen atoms in total. The van der Waals surface area contributed by atoms with Gasteiger partial charge < -0.3 is 10.1 Å². The van der Waals surface area contributed by atoms with Gasteiger partial charge in [-0.1, -0.05) is 6.92 Å². The van der Waals surface area contributed by atoms with Crippen molar-refractivity contribution < 1.29 is 4.74 Å². The molecule has 98 valence electrons. The molecule has 1 N–H and O–H groups in total. The van der Waals surface area contributed by atoms with Crippen molar-refractivity contribution in [2.45, 2.75) is 51.7 Å². The highest BCUT2D eigenvalue weighted by Crippen LogP contribution is 2.13. The van der Waals surface area contributed by atoms with Crippen molar-refractivity contribution in [3.63, 3.8) is 0 Å². The van der Waals surface area contributed by atoms with E-state index in [-0.39, 0.29) is 0 Å². The van der Waals surface area contributed by atoms with Gasteiger partial charge in [0.2, 0.25) is 0 Å². The van der Waals surface area contributed by atoms with Crippen LogP contribution in [0.3, 0.4) is 0 Å². The van der Waals surface area contributed by atoms with Crippen molar-refractivity contribution in [1.82, 2.24) is 5.32 Å². The summed E-state index contributed by atoms with van der Waals surface area (Å²) in [4.78, 5) is 0. The Kier molecular flexibility index (Phi) is 7.49. The molecule has 0 amide bonds. The fourth-order valence-corrected chi connectivity index (χ4v) is 2.67. The minimum atomic E-state index is 0.373. The monoisotopic (exact) mass is 255 g/mol. The Balaban J connectivity index is 2.27. The molecule has 0 aromatic carbocycles. The van der Waals surface area contributed by atoms with E-state index in [0.717, 1.165) is 13.0 Å². The van der Waals surface area contributed by atoms with Gasteiger partial charge >= 0.3 is 0 Å². The lowest BCUT2D eigenvalue weighted by Gasteiger charge is -2.19. The number of thiophene rings is 1. The second-order valence-corrected chi connectivity index (χ2v) is 5.33. The van der Waals surface area contributed by atoms with Crippen LogP contribution in [0.15, 0.2) is 16.8 Å². The van der Waals surface area contributed by atoms with E-state index in [9.17, 15) is 0 Å². The summed E-state index contributed by atoms with van der Waals surface area (Å²) in [5.74, 6) is 0. The van der Waals surface area contributed by atoms with E-state index < -0.39 is 0 Å². The van der Waals surface area contributed by atoms with Gasteiger partial charge in [0, 0.05) is 13.2 Å². The summed E-state index contributed by atoms with van der Waals surface area (Å²) >= 11 is 1.79. The van der Waals surface area contributed by atoms with Gasteiger partial charge in [-0.15, -0.1) is 0 Å². The summed E-state index contributed by atoms with van der Waals surface area (Å²) in [6.07, 6.45) is 5.12. The summed E-state index contributed by atoms with van der Waals surface area (Å²) in [6, 6.07) is 2.85. The van der Waals surface area contributed by atoms with Gasteiger partial charge in [0.25, 0.3) is 0 Å². The Morgan fingerprint density at radius 1 is 1.35 bits per heavy atom. The van der Waals surface area contributed by atoms with Crippen molar-refractivity contribution in [1.29, 1.82) is 0 Å². The van der Waals surface area contributed by atoms with Crippen molar-refractivity contribution in [3.8, 4) is 0 Å².